The minimum absolute atomic E-state index is 0.173. The molecule has 0 unspecified atom stereocenters. The van der Waals surface area contributed by atoms with Crippen molar-refractivity contribution in [3.8, 4) is 5.75 Å². The Hall–Kier alpha value is -1.27. The van der Waals surface area contributed by atoms with Crippen LogP contribution < -0.4 is 4.74 Å². The molecule has 0 aromatic heterocycles. The number of ether oxygens (including phenoxy) is 1. The third kappa shape index (κ3) is 4.36. The number of hydrogen-bond acceptors (Lipinski definition) is 3. The number of hydrogen-bond donors (Lipinski definition) is 0. The molecule has 1 saturated heterocycles. The van der Waals surface area contributed by atoms with Gasteiger partial charge in [0.05, 0.1) is 0 Å². The van der Waals surface area contributed by atoms with Crippen LogP contribution in [0.3, 0.4) is 0 Å². The highest BCUT2D eigenvalue weighted by Crippen LogP contribution is 2.29. The highest BCUT2D eigenvalue weighted by Gasteiger charge is 2.31. The lowest BCUT2D eigenvalue weighted by Crippen LogP contribution is -2.35. The number of nitrogens with zero attached hydrogens (tertiary/aromatic N) is 2. The highest BCUT2D eigenvalue weighted by molar-refractivity contribution is 5.29. The molecule has 2 atom stereocenters. The van der Waals surface area contributed by atoms with E-state index in [0.29, 0.717) is 6.04 Å². The van der Waals surface area contributed by atoms with Crippen LogP contribution in [-0.2, 0) is 0 Å². The van der Waals surface area contributed by atoms with Crippen molar-refractivity contribution >= 4 is 0 Å². The van der Waals surface area contributed by atoms with Crippen LogP contribution in [0, 0.1) is 0 Å². The molecule has 0 spiro atoms. The predicted molar refractivity (Wildman–Crippen MR) is 79.8 cm³/mol. The van der Waals surface area contributed by atoms with Crippen LogP contribution in [-0.4, -0.2) is 48.9 Å². The highest BCUT2D eigenvalue weighted by atomic mass is 19.4. The Morgan fingerprint density at radius 1 is 1.32 bits per heavy atom. The van der Waals surface area contributed by atoms with Gasteiger partial charge >= 0.3 is 6.36 Å². The third-order valence-electron chi connectivity index (χ3n) is 4.46. The summed E-state index contributed by atoms with van der Waals surface area (Å²) in [5.41, 5.74) is 1.01. The molecule has 3 nitrogen and oxygen atoms in total. The summed E-state index contributed by atoms with van der Waals surface area (Å²) in [5, 5.41) is 0. The Morgan fingerprint density at radius 3 is 2.50 bits per heavy atom. The minimum Gasteiger partial charge on any atom is -0.406 e. The van der Waals surface area contributed by atoms with Crippen LogP contribution >= 0.6 is 0 Å². The van der Waals surface area contributed by atoms with Crippen LogP contribution in [0.4, 0.5) is 13.2 Å². The van der Waals surface area contributed by atoms with Crippen molar-refractivity contribution in [2.75, 3.05) is 26.7 Å². The van der Waals surface area contributed by atoms with Gasteiger partial charge in [0, 0.05) is 25.2 Å². The average molecular weight is 316 g/mol. The molecular formula is C16H23F3N2O. The standard InChI is InChI=1S/C16H23F3N2O/c1-4-20(3)14-9-10-21(11-14)12(2)13-5-7-15(8-6-13)22-16(17,18)19/h5-8,12,14H,4,9-11H2,1-3H3/t12-,14+/m1/s1. The first kappa shape index (κ1) is 17.1. The van der Waals surface area contributed by atoms with Crippen molar-refractivity contribution in [2.24, 2.45) is 0 Å². The molecule has 2 rings (SSSR count). The van der Waals surface area contributed by atoms with Gasteiger partial charge in [0.25, 0.3) is 0 Å². The zero-order valence-electron chi connectivity index (χ0n) is 13.2. The average Bonchev–Trinajstić information content (AvgIpc) is 2.94. The van der Waals surface area contributed by atoms with E-state index in [9.17, 15) is 13.2 Å². The van der Waals surface area contributed by atoms with E-state index < -0.39 is 6.36 Å². The summed E-state index contributed by atoms with van der Waals surface area (Å²) in [6, 6.07) is 6.93. The fourth-order valence-corrected chi connectivity index (χ4v) is 2.90. The number of alkyl halides is 3. The summed E-state index contributed by atoms with van der Waals surface area (Å²) in [6.45, 7) is 7.26. The summed E-state index contributed by atoms with van der Waals surface area (Å²) in [5.74, 6) is -0.173. The lowest BCUT2D eigenvalue weighted by Gasteiger charge is -2.27. The molecule has 0 radical (unpaired) electrons. The summed E-state index contributed by atoms with van der Waals surface area (Å²) >= 11 is 0. The first-order valence-corrected chi connectivity index (χ1v) is 7.60. The second-order valence-corrected chi connectivity index (χ2v) is 5.80. The van der Waals surface area contributed by atoms with E-state index in [0.717, 1.165) is 31.6 Å². The Balaban J connectivity index is 1.97. The van der Waals surface area contributed by atoms with Crippen molar-refractivity contribution < 1.29 is 17.9 Å². The number of likely N-dealkylation sites (tertiary alicyclic amines) is 1. The molecule has 1 aromatic carbocycles. The topological polar surface area (TPSA) is 15.7 Å². The molecule has 22 heavy (non-hydrogen) atoms. The Morgan fingerprint density at radius 2 is 1.95 bits per heavy atom. The Kier molecular flexibility index (Phi) is 5.34. The van der Waals surface area contributed by atoms with Gasteiger partial charge in [-0.1, -0.05) is 19.1 Å². The van der Waals surface area contributed by atoms with Gasteiger partial charge in [-0.3, -0.25) is 4.90 Å². The zero-order valence-corrected chi connectivity index (χ0v) is 13.2. The molecule has 6 heteroatoms. The maximum Gasteiger partial charge on any atom is 0.573 e. The van der Waals surface area contributed by atoms with Gasteiger partial charge in [-0.2, -0.15) is 0 Å². The lowest BCUT2D eigenvalue weighted by atomic mass is 10.1. The first-order chi connectivity index (χ1) is 10.3. The molecule has 1 aromatic rings. The van der Waals surface area contributed by atoms with Gasteiger partial charge in [-0.05, 0) is 44.6 Å². The molecule has 1 aliphatic rings. The summed E-state index contributed by atoms with van der Waals surface area (Å²) in [4.78, 5) is 4.71. The molecule has 0 amide bonds. The monoisotopic (exact) mass is 316 g/mol. The molecule has 0 saturated carbocycles. The summed E-state index contributed by atoms with van der Waals surface area (Å²) in [6.07, 6.45) is -3.51. The minimum atomic E-state index is -4.64. The van der Waals surface area contributed by atoms with E-state index in [1.54, 1.807) is 12.1 Å². The van der Waals surface area contributed by atoms with Crippen LogP contribution in [0.5, 0.6) is 5.75 Å². The van der Waals surface area contributed by atoms with E-state index in [-0.39, 0.29) is 11.8 Å². The first-order valence-electron chi connectivity index (χ1n) is 7.60. The van der Waals surface area contributed by atoms with Gasteiger partial charge in [0.1, 0.15) is 5.75 Å². The fourth-order valence-electron chi connectivity index (χ4n) is 2.90. The maximum atomic E-state index is 12.2. The van der Waals surface area contributed by atoms with E-state index in [1.165, 1.54) is 12.1 Å². The Bertz CT molecular complexity index is 475. The van der Waals surface area contributed by atoms with E-state index in [2.05, 4.69) is 35.4 Å². The van der Waals surface area contributed by atoms with Gasteiger partial charge < -0.3 is 9.64 Å². The zero-order chi connectivity index (χ0) is 16.3. The molecule has 1 fully saturated rings. The van der Waals surface area contributed by atoms with Crippen LogP contribution in [0.15, 0.2) is 24.3 Å². The van der Waals surface area contributed by atoms with Gasteiger partial charge in [0.2, 0.25) is 0 Å². The van der Waals surface area contributed by atoms with Crippen molar-refractivity contribution in [1.82, 2.24) is 9.80 Å². The number of likely N-dealkylation sites (N-methyl/N-ethyl adjacent to an activating group) is 1. The molecule has 0 aliphatic carbocycles. The fraction of sp³-hybridized carbons (Fsp3) is 0.625. The SMILES string of the molecule is CCN(C)[C@H]1CCN([C@H](C)c2ccc(OC(F)(F)F)cc2)C1. The van der Waals surface area contributed by atoms with Crippen LogP contribution in [0.2, 0.25) is 0 Å². The summed E-state index contributed by atoms with van der Waals surface area (Å²) < 4.78 is 40.4. The van der Waals surface area contributed by atoms with Crippen molar-refractivity contribution in [1.29, 1.82) is 0 Å². The molecule has 1 aliphatic heterocycles. The third-order valence-corrected chi connectivity index (χ3v) is 4.46. The summed E-state index contributed by atoms with van der Waals surface area (Å²) in [7, 11) is 2.13. The normalized spacial score (nSPS) is 21.3. The number of rotatable bonds is 5. The van der Waals surface area contributed by atoms with Crippen LogP contribution in [0.1, 0.15) is 31.9 Å². The second-order valence-electron chi connectivity index (χ2n) is 5.80. The van der Waals surface area contributed by atoms with E-state index >= 15 is 0 Å². The Labute approximate surface area is 129 Å². The van der Waals surface area contributed by atoms with Crippen molar-refractivity contribution in [2.45, 2.75) is 38.7 Å². The number of benzene rings is 1. The van der Waals surface area contributed by atoms with Gasteiger partial charge in [0.15, 0.2) is 0 Å². The number of halogens is 3. The predicted octanol–water partition coefficient (Wildman–Crippen LogP) is 3.67. The van der Waals surface area contributed by atoms with Gasteiger partial charge in [-0.25, -0.2) is 0 Å². The molecular weight excluding hydrogens is 293 g/mol. The van der Waals surface area contributed by atoms with E-state index in [1.807, 2.05) is 0 Å². The molecule has 0 bridgehead atoms. The molecule has 124 valence electrons. The van der Waals surface area contributed by atoms with Crippen molar-refractivity contribution in [3.63, 3.8) is 0 Å². The largest absolute Gasteiger partial charge is 0.573 e. The maximum absolute atomic E-state index is 12.2. The quantitative estimate of drug-likeness (QED) is 0.824. The molecule has 0 N–H and O–H groups in total. The van der Waals surface area contributed by atoms with Crippen molar-refractivity contribution in [3.05, 3.63) is 29.8 Å². The van der Waals surface area contributed by atoms with Crippen LogP contribution in [0.25, 0.3) is 0 Å². The second kappa shape index (κ2) is 6.87. The molecule has 1 heterocycles. The van der Waals surface area contributed by atoms with E-state index in [4.69, 9.17) is 0 Å². The van der Waals surface area contributed by atoms with Gasteiger partial charge in [-0.15, -0.1) is 13.2 Å². The lowest BCUT2D eigenvalue weighted by molar-refractivity contribution is -0.274. The smallest absolute Gasteiger partial charge is 0.406 e.